The molecule has 0 radical (unpaired) electrons. The molecule has 2 aliphatic rings. The molecule has 2 aliphatic heterocycles. The van der Waals surface area contributed by atoms with Gasteiger partial charge in [-0.25, -0.2) is 4.89 Å². The van der Waals surface area contributed by atoms with Gasteiger partial charge in [-0.15, -0.1) is 6.58 Å². The van der Waals surface area contributed by atoms with Gasteiger partial charge in [0.25, 0.3) is 0 Å². The Morgan fingerprint density at radius 2 is 2.00 bits per heavy atom. The van der Waals surface area contributed by atoms with E-state index < -0.39 is 11.2 Å². The molecule has 0 aromatic carbocycles. The van der Waals surface area contributed by atoms with Crippen LogP contribution in [0.15, 0.2) is 24.8 Å². The third-order valence-corrected chi connectivity index (χ3v) is 6.27. The van der Waals surface area contributed by atoms with Crippen LogP contribution >= 0.6 is 0 Å². The molecular weight excluding hydrogens is 304 g/mol. The molecule has 2 saturated heterocycles. The fourth-order valence-corrected chi connectivity index (χ4v) is 4.58. The summed E-state index contributed by atoms with van der Waals surface area (Å²) in [5.41, 5.74) is -1.58. The first-order chi connectivity index (χ1) is 11.0. The average Bonchev–Trinajstić information content (AvgIpc) is 2.98. The molecule has 0 aromatic rings. The summed E-state index contributed by atoms with van der Waals surface area (Å²) in [5.74, 6) is 0.387. The lowest BCUT2D eigenvalue weighted by atomic mass is 9.59. The second-order valence-corrected chi connectivity index (χ2v) is 8.92. The SMILES string of the molecule is C=C[C@@](C)(O)CC[C@@H]1C2(C)CCC(O2)[C@@]1(C)C/C=C\C(C)(C)OO. The first-order valence-electron chi connectivity index (χ1n) is 9.02. The molecular formula is C20H34O4. The zero-order chi connectivity index (χ0) is 18.2. The van der Waals surface area contributed by atoms with Crippen LogP contribution in [0, 0.1) is 11.3 Å². The van der Waals surface area contributed by atoms with E-state index in [-0.39, 0.29) is 17.1 Å². The van der Waals surface area contributed by atoms with Gasteiger partial charge in [0.1, 0.15) is 5.60 Å². The number of hydrogen-bond acceptors (Lipinski definition) is 4. The Balaban J connectivity index is 2.14. The van der Waals surface area contributed by atoms with Crippen LogP contribution in [-0.4, -0.2) is 33.3 Å². The Hall–Kier alpha value is -0.680. The van der Waals surface area contributed by atoms with Gasteiger partial charge in [-0.1, -0.05) is 25.2 Å². The van der Waals surface area contributed by atoms with E-state index in [1.165, 1.54) is 0 Å². The maximum absolute atomic E-state index is 10.3. The largest absolute Gasteiger partial charge is 0.386 e. The van der Waals surface area contributed by atoms with Crippen LogP contribution in [0.3, 0.4) is 0 Å². The Labute approximate surface area is 146 Å². The molecule has 5 atom stereocenters. The summed E-state index contributed by atoms with van der Waals surface area (Å²) < 4.78 is 6.37. The molecule has 2 unspecified atom stereocenters. The smallest absolute Gasteiger partial charge is 0.116 e. The van der Waals surface area contributed by atoms with Crippen molar-refractivity contribution < 1.29 is 20.0 Å². The highest BCUT2D eigenvalue weighted by Crippen LogP contribution is 2.61. The van der Waals surface area contributed by atoms with Crippen molar-refractivity contribution in [3.05, 3.63) is 24.8 Å². The van der Waals surface area contributed by atoms with Crippen molar-refractivity contribution in [3.63, 3.8) is 0 Å². The van der Waals surface area contributed by atoms with E-state index in [0.717, 1.165) is 25.7 Å². The molecule has 2 heterocycles. The minimum absolute atomic E-state index is 0.0340. The quantitative estimate of drug-likeness (QED) is 0.389. The zero-order valence-electron chi connectivity index (χ0n) is 15.8. The summed E-state index contributed by atoms with van der Waals surface area (Å²) in [6, 6.07) is 0. The zero-order valence-corrected chi connectivity index (χ0v) is 15.8. The summed E-state index contributed by atoms with van der Waals surface area (Å²) >= 11 is 0. The van der Waals surface area contributed by atoms with E-state index >= 15 is 0 Å². The molecule has 4 heteroatoms. The molecule has 2 rings (SSSR count). The molecule has 0 aliphatic carbocycles. The van der Waals surface area contributed by atoms with Crippen molar-refractivity contribution in [2.45, 2.75) is 89.6 Å². The van der Waals surface area contributed by atoms with E-state index in [0.29, 0.717) is 12.3 Å². The predicted molar refractivity (Wildman–Crippen MR) is 95.7 cm³/mol. The Kier molecular flexibility index (Phi) is 5.37. The third-order valence-electron chi connectivity index (χ3n) is 6.27. The van der Waals surface area contributed by atoms with E-state index in [2.05, 4.69) is 31.4 Å². The first-order valence-corrected chi connectivity index (χ1v) is 9.02. The second kappa shape index (κ2) is 6.56. The fourth-order valence-electron chi connectivity index (χ4n) is 4.58. The maximum atomic E-state index is 10.3. The number of rotatable bonds is 8. The standard InChI is InChI=1S/C20H34O4/c1-7-18(4,21)13-9-15-19(5,12-8-11-17(2,3)24-22)16-10-14-20(15,6)23-16/h7-8,11,15-16,21-22H,1,9-10,12-14H2,2-6H3/b11-8-/t15-,16?,18+,19-,20?/m0/s1. The monoisotopic (exact) mass is 338 g/mol. The lowest BCUT2D eigenvalue weighted by Crippen LogP contribution is -2.43. The van der Waals surface area contributed by atoms with Crippen LogP contribution in [0.2, 0.25) is 0 Å². The van der Waals surface area contributed by atoms with E-state index in [9.17, 15) is 5.11 Å². The van der Waals surface area contributed by atoms with Crippen molar-refractivity contribution in [1.82, 2.24) is 0 Å². The van der Waals surface area contributed by atoms with Gasteiger partial charge in [-0.3, -0.25) is 5.26 Å². The summed E-state index contributed by atoms with van der Waals surface area (Å²) in [7, 11) is 0. The van der Waals surface area contributed by atoms with Crippen molar-refractivity contribution in [2.75, 3.05) is 0 Å². The van der Waals surface area contributed by atoms with Gasteiger partial charge in [-0.2, -0.15) is 0 Å². The summed E-state index contributed by atoms with van der Waals surface area (Å²) in [4.78, 5) is 4.49. The van der Waals surface area contributed by atoms with Gasteiger partial charge in [-0.05, 0) is 65.7 Å². The lowest BCUT2D eigenvalue weighted by molar-refractivity contribution is -0.297. The van der Waals surface area contributed by atoms with Crippen molar-refractivity contribution in [2.24, 2.45) is 11.3 Å². The van der Waals surface area contributed by atoms with Crippen LogP contribution < -0.4 is 0 Å². The second-order valence-electron chi connectivity index (χ2n) is 8.92. The third kappa shape index (κ3) is 3.77. The molecule has 0 saturated carbocycles. The summed E-state index contributed by atoms with van der Waals surface area (Å²) in [5, 5.41) is 19.2. The van der Waals surface area contributed by atoms with E-state index in [4.69, 9.17) is 9.99 Å². The number of ether oxygens (including phenoxy) is 1. The lowest BCUT2D eigenvalue weighted by Gasteiger charge is -2.42. The molecule has 4 nitrogen and oxygen atoms in total. The van der Waals surface area contributed by atoms with Gasteiger partial charge in [0, 0.05) is 5.41 Å². The number of hydrogen-bond donors (Lipinski definition) is 2. The van der Waals surface area contributed by atoms with Gasteiger partial charge in [0.2, 0.25) is 0 Å². The van der Waals surface area contributed by atoms with Crippen LogP contribution in [-0.2, 0) is 9.62 Å². The highest BCUT2D eigenvalue weighted by molar-refractivity contribution is 5.13. The highest BCUT2D eigenvalue weighted by Gasteiger charge is 2.61. The topological polar surface area (TPSA) is 58.9 Å². The molecule has 24 heavy (non-hydrogen) atoms. The minimum Gasteiger partial charge on any atom is -0.386 e. The van der Waals surface area contributed by atoms with E-state index in [1.807, 2.05) is 26.8 Å². The molecule has 2 fully saturated rings. The number of allylic oxidation sites excluding steroid dienone is 1. The molecule has 2 N–H and O–H groups in total. The van der Waals surface area contributed by atoms with Crippen molar-refractivity contribution >= 4 is 0 Å². The van der Waals surface area contributed by atoms with Gasteiger partial charge in [0.05, 0.1) is 17.3 Å². The average molecular weight is 338 g/mol. The van der Waals surface area contributed by atoms with Gasteiger partial charge in [0.15, 0.2) is 0 Å². The summed E-state index contributed by atoms with van der Waals surface area (Å²) in [6.45, 7) is 13.7. The minimum atomic E-state index is -0.832. The van der Waals surface area contributed by atoms with Crippen LogP contribution in [0.25, 0.3) is 0 Å². The predicted octanol–water partition coefficient (Wildman–Crippen LogP) is 4.49. The Morgan fingerprint density at radius 1 is 1.33 bits per heavy atom. The highest BCUT2D eigenvalue weighted by atomic mass is 17.1. The number of fused-ring (bicyclic) bond motifs is 2. The normalized spacial score (nSPS) is 38.6. The Morgan fingerprint density at radius 3 is 2.58 bits per heavy atom. The van der Waals surface area contributed by atoms with E-state index in [1.54, 1.807) is 6.08 Å². The van der Waals surface area contributed by atoms with Gasteiger partial charge < -0.3 is 9.84 Å². The Bertz CT molecular complexity index is 496. The molecule has 138 valence electrons. The molecule has 0 amide bonds. The fraction of sp³-hybridized carbons (Fsp3) is 0.800. The van der Waals surface area contributed by atoms with Crippen molar-refractivity contribution in [1.29, 1.82) is 0 Å². The van der Waals surface area contributed by atoms with Gasteiger partial charge >= 0.3 is 0 Å². The maximum Gasteiger partial charge on any atom is 0.116 e. The summed E-state index contributed by atoms with van der Waals surface area (Å²) in [6.07, 6.45) is 10.5. The molecule has 2 bridgehead atoms. The molecule has 0 spiro atoms. The van der Waals surface area contributed by atoms with Crippen LogP contribution in [0.1, 0.15) is 66.7 Å². The van der Waals surface area contributed by atoms with Crippen LogP contribution in [0.4, 0.5) is 0 Å². The molecule has 0 aromatic heterocycles. The number of aliphatic hydroxyl groups is 1. The first kappa shape index (κ1) is 19.6. The van der Waals surface area contributed by atoms with Crippen molar-refractivity contribution in [3.8, 4) is 0 Å². The van der Waals surface area contributed by atoms with Crippen LogP contribution in [0.5, 0.6) is 0 Å².